The predicted octanol–water partition coefficient (Wildman–Crippen LogP) is 0.724. The monoisotopic (exact) mass is 260 g/mol. The average molecular weight is 260 g/mol. The van der Waals surface area contributed by atoms with E-state index in [4.69, 9.17) is 4.74 Å². The molecule has 1 aromatic carbocycles. The van der Waals surface area contributed by atoms with Gasteiger partial charge in [0.05, 0.1) is 11.7 Å². The van der Waals surface area contributed by atoms with Crippen LogP contribution in [0.1, 0.15) is 31.1 Å². The minimum Gasteiger partial charge on any atom is -0.423 e. The number of benzene rings is 1. The van der Waals surface area contributed by atoms with Crippen molar-refractivity contribution in [3.63, 3.8) is 0 Å². The molecule has 1 atom stereocenters. The fraction of sp³-hybridized carbons (Fsp3) is 0.462. The summed E-state index contributed by atoms with van der Waals surface area (Å²) < 4.78 is 7.58. The Labute approximate surface area is 111 Å². The Morgan fingerprint density at radius 1 is 1.37 bits per heavy atom. The predicted molar refractivity (Wildman–Crippen MR) is 73.1 cm³/mol. The number of ether oxygens (including phenoxy) is 1. The second-order valence-electron chi connectivity index (χ2n) is 5.05. The van der Waals surface area contributed by atoms with Crippen LogP contribution < -0.4 is 5.46 Å². The molecule has 0 amide bonds. The zero-order valence-corrected chi connectivity index (χ0v) is 10.9. The SMILES string of the molecule is Cc1cc2cnn([C@H]3CCCCO3)c2cc1B(O)O. The molecule has 0 unspecified atom stereocenters. The third-order valence-electron chi connectivity index (χ3n) is 3.69. The zero-order chi connectivity index (χ0) is 13.4. The van der Waals surface area contributed by atoms with Gasteiger partial charge in [-0.3, -0.25) is 0 Å². The molecule has 0 spiro atoms. The highest BCUT2D eigenvalue weighted by atomic mass is 16.5. The Morgan fingerprint density at radius 3 is 2.89 bits per heavy atom. The van der Waals surface area contributed by atoms with Crippen molar-refractivity contribution < 1.29 is 14.8 Å². The Bertz CT molecular complexity index is 591. The Kier molecular flexibility index (Phi) is 3.30. The molecule has 2 heterocycles. The largest absolute Gasteiger partial charge is 0.488 e. The summed E-state index contributed by atoms with van der Waals surface area (Å²) in [6.45, 7) is 2.62. The van der Waals surface area contributed by atoms with Crippen molar-refractivity contribution in [3.05, 3.63) is 23.9 Å². The van der Waals surface area contributed by atoms with Gasteiger partial charge in [0.1, 0.15) is 0 Å². The van der Waals surface area contributed by atoms with E-state index in [1.165, 1.54) is 0 Å². The van der Waals surface area contributed by atoms with Crippen LogP contribution in [0, 0.1) is 6.92 Å². The summed E-state index contributed by atoms with van der Waals surface area (Å²) in [5.41, 5.74) is 2.26. The lowest BCUT2D eigenvalue weighted by molar-refractivity contribution is -0.0366. The quantitative estimate of drug-likeness (QED) is 0.781. The number of aromatic nitrogens is 2. The van der Waals surface area contributed by atoms with Crippen LogP contribution in [-0.2, 0) is 4.74 Å². The zero-order valence-electron chi connectivity index (χ0n) is 10.9. The van der Waals surface area contributed by atoms with E-state index in [-0.39, 0.29) is 6.23 Å². The number of hydrogen-bond donors (Lipinski definition) is 2. The molecule has 1 aromatic heterocycles. The van der Waals surface area contributed by atoms with E-state index in [1.807, 2.05) is 17.7 Å². The Morgan fingerprint density at radius 2 is 2.21 bits per heavy atom. The lowest BCUT2D eigenvalue weighted by Crippen LogP contribution is -2.32. The third-order valence-corrected chi connectivity index (χ3v) is 3.69. The standard InChI is InChI=1S/C13H17BN2O3/c1-9-6-10-8-15-16(13-4-2-3-5-19-13)12(10)7-11(9)14(17)18/h6-8,13,17-18H,2-5H2,1H3/t13-/m1/s1. The van der Waals surface area contributed by atoms with Gasteiger partial charge < -0.3 is 14.8 Å². The normalized spacial score (nSPS) is 19.8. The van der Waals surface area contributed by atoms with E-state index in [2.05, 4.69) is 5.10 Å². The van der Waals surface area contributed by atoms with Gasteiger partial charge in [-0.15, -0.1) is 0 Å². The molecule has 1 aliphatic rings. The fourth-order valence-corrected chi connectivity index (χ4v) is 2.65. The van der Waals surface area contributed by atoms with Crippen molar-refractivity contribution in [1.29, 1.82) is 0 Å². The minimum absolute atomic E-state index is 0.0439. The van der Waals surface area contributed by atoms with Crippen LogP contribution in [0.2, 0.25) is 0 Å². The smallest absolute Gasteiger partial charge is 0.423 e. The van der Waals surface area contributed by atoms with Crippen molar-refractivity contribution in [2.75, 3.05) is 6.61 Å². The van der Waals surface area contributed by atoms with E-state index < -0.39 is 7.12 Å². The molecule has 1 fully saturated rings. The number of fused-ring (bicyclic) bond motifs is 1. The van der Waals surface area contributed by atoms with Gasteiger partial charge in [0.15, 0.2) is 6.23 Å². The lowest BCUT2D eigenvalue weighted by atomic mass is 9.77. The van der Waals surface area contributed by atoms with Crippen LogP contribution in [0.15, 0.2) is 18.3 Å². The first-order chi connectivity index (χ1) is 9.16. The van der Waals surface area contributed by atoms with Crippen LogP contribution in [0.4, 0.5) is 0 Å². The van der Waals surface area contributed by atoms with Crippen molar-refractivity contribution in [2.24, 2.45) is 0 Å². The molecule has 0 saturated carbocycles. The maximum absolute atomic E-state index is 9.40. The molecule has 19 heavy (non-hydrogen) atoms. The highest BCUT2D eigenvalue weighted by molar-refractivity contribution is 6.59. The van der Waals surface area contributed by atoms with Gasteiger partial charge in [-0.2, -0.15) is 5.10 Å². The first-order valence-corrected chi connectivity index (χ1v) is 6.62. The highest BCUT2D eigenvalue weighted by Gasteiger charge is 2.21. The average Bonchev–Trinajstić information content (AvgIpc) is 2.81. The van der Waals surface area contributed by atoms with Crippen LogP contribution >= 0.6 is 0 Å². The lowest BCUT2D eigenvalue weighted by Gasteiger charge is -2.23. The molecular formula is C13H17BN2O3. The minimum atomic E-state index is -1.46. The molecule has 0 aliphatic carbocycles. The summed E-state index contributed by atoms with van der Waals surface area (Å²) in [6.07, 6.45) is 4.93. The van der Waals surface area contributed by atoms with Crippen molar-refractivity contribution in [1.82, 2.24) is 9.78 Å². The molecular weight excluding hydrogens is 243 g/mol. The van der Waals surface area contributed by atoms with E-state index >= 15 is 0 Å². The van der Waals surface area contributed by atoms with E-state index in [0.717, 1.165) is 42.3 Å². The number of hydrogen-bond acceptors (Lipinski definition) is 4. The second-order valence-corrected chi connectivity index (χ2v) is 5.05. The first kappa shape index (κ1) is 12.7. The Hall–Kier alpha value is -1.37. The van der Waals surface area contributed by atoms with Crippen molar-refractivity contribution in [3.8, 4) is 0 Å². The van der Waals surface area contributed by atoms with Crippen LogP contribution in [0.25, 0.3) is 10.9 Å². The highest BCUT2D eigenvalue weighted by Crippen LogP contribution is 2.26. The summed E-state index contributed by atoms with van der Waals surface area (Å²) in [5, 5.41) is 24.2. The Balaban J connectivity index is 2.08. The summed E-state index contributed by atoms with van der Waals surface area (Å²) in [6, 6.07) is 3.72. The van der Waals surface area contributed by atoms with E-state index in [0.29, 0.717) is 5.46 Å². The summed E-state index contributed by atoms with van der Waals surface area (Å²) in [7, 11) is -1.46. The van der Waals surface area contributed by atoms with Crippen LogP contribution in [0.5, 0.6) is 0 Å². The van der Waals surface area contributed by atoms with E-state index in [9.17, 15) is 10.0 Å². The van der Waals surface area contributed by atoms with Gasteiger partial charge >= 0.3 is 7.12 Å². The molecule has 5 nitrogen and oxygen atoms in total. The van der Waals surface area contributed by atoms with Crippen LogP contribution in [-0.4, -0.2) is 33.6 Å². The van der Waals surface area contributed by atoms with Crippen molar-refractivity contribution >= 4 is 23.5 Å². The van der Waals surface area contributed by atoms with Gasteiger partial charge in [-0.25, -0.2) is 4.68 Å². The molecule has 1 saturated heterocycles. The van der Waals surface area contributed by atoms with Gasteiger partial charge in [-0.05, 0) is 43.8 Å². The number of aryl methyl sites for hydroxylation is 1. The maximum atomic E-state index is 9.40. The van der Waals surface area contributed by atoms with Gasteiger partial charge in [-0.1, -0.05) is 5.56 Å². The first-order valence-electron chi connectivity index (χ1n) is 6.62. The molecule has 100 valence electrons. The van der Waals surface area contributed by atoms with Gasteiger partial charge in [0, 0.05) is 12.0 Å². The summed E-state index contributed by atoms with van der Waals surface area (Å²) >= 11 is 0. The second kappa shape index (κ2) is 4.96. The maximum Gasteiger partial charge on any atom is 0.488 e. The van der Waals surface area contributed by atoms with E-state index in [1.54, 1.807) is 12.3 Å². The third kappa shape index (κ3) is 2.27. The molecule has 1 aliphatic heterocycles. The number of rotatable bonds is 2. The molecule has 2 aromatic rings. The van der Waals surface area contributed by atoms with Gasteiger partial charge in [0.2, 0.25) is 0 Å². The van der Waals surface area contributed by atoms with Crippen molar-refractivity contribution in [2.45, 2.75) is 32.4 Å². The fourth-order valence-electron chi connectivity index (χ4n) is 2.65. The summed E-state index contributed by atoms with van der Waals surface area (Å²) in [5.74, 6) is 0. The molecule has 0 bridgehead atoms. The molecule has 3 rings (SSSR count). The summed E-state index contributed by atoms with van der Waals surface area (Å²) in [4.78, 5) is 0. The van der Waals surface area contributed by atoms with Gasteiger partial charge in [0.25, 0.3) is 0 Å². The topological polar surface area (TPSA) is 67.5 Å². The van der Waals surface area contributed by atoms with Crippen LogP contribution in [0.3, 0.4) is 0 Å². The molecule has 6 heteroatoms. The molecule has 0 radical (unpaired) electrons. The number of nitrogens with zero attached hydrogens (tertiary/aromatic N) is 2. The molecule has 2 N–H and O–H groups in total.